The summed E-state index contributed by atoms with van der Waals surface area (Å²) >= 11 is 0. The van der Waals surface area contributed by atoms with Crippen molar-refractivity contribution in [3.8, 4) is 6.01 Å². The summed E-state index contributed by atoms with van der Waals surface area (Å²) in [7, 11) is 2.14. The van der Waals surface area contributed by atoms with Gasteiger partial charge in [-0.2, -0.15) is 0 Å². The molecule has 0 aromatic carbocycles. The molecule has 2 N–H and O–H groups in total. The molecular formula is C14H23N2O4P. The first-order chi connectivity index (χ1) is 10.1. The molecule has 1 aromatic heterocycles. The van der Waals surface area contributed by atoms with Crippen molar-refractivity contribution in [2.75, 3.05) is 6.61 Å². The number of aromatic amines is 1. The van der Waals surface area contributed by atoms with Crippen LogP contribution in [0.25, 0.3) is 0 Å². The van der Waals surface area contributed by atoms with Crippen LogP contribution in [0, 0.1) is 18.8 Å². The Kier molecular flexibility index (Phi) is 5.73. The number of aryl methyl sites for hydroxylation is 1. The zero-order valence-electron chi connectivity index (χ0n) is 12.4. The first-order valence-electron chi connectivity index (χ1n) is 7.29. The third kappa shape index (κ3) is 3.82. The molecule has 0 bridgehead atoms. The van der Waals surface area contributed by atoms with E-state index in [0.717, 1.165) is 19.3 Å². The summed E-state index contributed by atoms with van der Waals surface area (Å²) in [6.45, 7) is 4.08. The van der Waals surface area contributed by atoms with Crippen molar-refractivity contribution in [1.82, 2.24) is 9.97 Å². The largest absolute Gasteiger partial charge is 0.461 e. The van der Waals surface area contributed by atoms with Crippen LogP contribution >= 0.6 is 9.47 Å². The lowest BCUT2D eigenvalue weighted by Gasteiger charge is -2.45. The molecule has 21 heavy (non-hydrogen) atoms. The number of aliphatic hydroxyl groups excluding tert-OH is 1. The van der Waals surface area contributed by atoms with E-state index >= 15 is 0 Å². The summed E-state index contributed by atoms with van der Waals surface area (Å²) in [6, 6.07) is 0.223. The number of ether oxygens (including phenoxy) is 1. The van der Waals surface area contributed by atoms with Crippen LogP contribution in [-0.4, -0.2) is 33.9 Å². The fourth-order valence-corrected chi connectivity index (χ4v) is 3.03. The van der Waals surface area contributed by atoms with E-state index in [1.54, 1.807) is 6.92 Å². The Morgan fingerprint density at radius 1 is 1.62 bits per heavy atom. The first-order valence-corrected chi connectivity index (χ1v) is 7.76. The van der Waals surface area contributed by atoms with Crippen LogP contribution in [0.4, 0.5) is 0 Å². The van der Waals surface area contributed by atoms with Gasteiger partial charge >= 0.3 is 0 Å². The summed E-state index contributed by atoms with van der Waals surface area (Å²) in [6.07, 6.45) is 3.79. The van der Waals surface area contributed by atoms with Crippen LogP contribution in [0.15, 0.2) is 11.0 Å². The van der Waals surface area contributed by atoms with E-state index in [0.29, 0.717) is 11.5 Å². The molecule has 0 saturated heterocycles. The lowest BCUT2D eigenvalue weighted by Crippen LogP contribution is -2.52. The smallest absolute Gasteiger partial charge is 0.296 e. The lowest BCUT2D eigenvalue weighted by atomic mass is 9.67. The van der Waals surface area contributed by atoms with E-state index in [9.17, 15) is 9.90 Å². The topological polar surface area (TPSA) is 84.4 Å². The van der Waals surface area contributed by atoms with E-state index < -0.39 is 6.10 Å². The van der Waals surface area contributed by atoms with Crippen molar-refractivity contribution in [3.05, 3.63) is 22.1 Å². The second kappa shape index (κ2) is 7.34. The normalized spacial score (nSPS) is 26.2. The van der Waals surface area contributed by atoms with Gasteiger partial charge in [-0.25, -0.2) is 4.98 Å². The Morgan fingerprint density at radius 2 is 2.38 bits per heavy atom. The van der Waals surface area contributed by atoms with E-state index in [1.807, 2.05) is 0 Å². The molecule has 118 valence electrons. The van der Waals surface area contributed by atoms with Crippen molar-refractivity contribution >= 4 is 9.47 Å². The Morgan fingerprint density at radius 3 is 3.00 bits per heavy atom. The summed E-state index contributed by atoms with van der Waals surface area (Å²) < 4.78 is 10.8. The molecule has 1 aliphatic rings. The molecule has 6 nitrogen and oxygen atoms in total. The molecule has 0 aliphatic heterocycles. The maximum atomic E-state index is 11.6. The molecule has 5 atom stereocenters. The minimum absolute atomic E-state index is 0.00806. The van der Waals surface area contributed by atoms with Crippen molar-refractivity contribution < 1.29 is 14.4 Å². The minimum Gasteiger partial charge on any atom is -0.461 e. The average molecular weight is 314 g/mol. The molecule has 0 radical (unpaired) electrons. The summed E-state index contributed by atoms with van der Waals surface area (Å²) in [5.74, 6) is 0.388. The van der Waals surface area contributed by atoms with Gasteiger partial charge in [0.2, 0.25) is 0 Å². The third-order valence-corrected chi connectivity index (χ3v) is 4.28. The SMILES string of the molecule is CCCC1CC(C(O)COP)C1Oc1ncc(C)c(=O)[nH]1. The quantitative estimate of drug-likeness (QED) is 0.744. The molecule has 1 aliphatic carbocycles. The highest BCUT2D eigenvalue weighted by Gasteiger charge is 2.46. The maximum absolute atomic E-state index is 11.6. The first kappa shape index (κ1) is 16.4. The highest BCUT2D eigenvalue weighted by atomic mass is 31.0. The molecule has 1 saturated carbocycles. The van der Waals surface area contributed by atoms with Crippen LogP contribution in [-0.2, 0) is 4.52 Å². The molecule has 0 spiro atoms. The van der Waals surface area contributed by atoms with Crippen LogP contribution in [0.3, 0.4) is 0 Å². The van der Waals surface area contributed by atoms with Gasteiger partial charge in [0.15, 0.2) is 0 Å². The molecule has 0 amide bonds. The summed E-state index contributed by atoms with van der Waals surface area (Å²) in [5.41, 5.74) is 0.353. The van der Waals surface area contributed by atoms with Crippen LogP contribution in [0.1, 0.15) is 31.7 Å². The van der Waals surface area contributed by atoms with Gasteiger partial charge in [-0.05, 0) is 25.7 Å². The van der Waals surface area contributed by atoms with E-state index in [-0.39, 0.29) is 30.2 Å². The van der Waals surface area contributed by atoms with E-state index in [2.05, 4.69) is 26.4 Å². The third-order valence-electron chi connectivity index (χ3n) is 4.08. The van der Waals surface area contributed by atoms with Gasteiger partial charge in [0, 0.05) is 27.1 Å². The second-order valence-corrected chi connectivity index (χ2v) is 5.97. The van der Waals surface area contributed by atoms with Crippen molar-refractivity contribution in [1.29, 1.82) is 0 Å². The molecule has 2 rings (SSSR count). The number of rotatable bonds is 7. The highest BCUT2D eigenvalue weighted by Crippen LogP contribution is 2.41. The molecule has 5 unspecified atom stereocenters. The summed E-state index contributed by atoms with van der Waals surface area (Å²) in [4.78, 5) is 18.3. The number of nitrogens with zero attached hydrogens (tertiary/aromatic N) is 1. The Balaban J connectivity index is 2.07. The van der Waals surface area contributed by atoms with E-state index in [4.69, 9.17) is 9.26 Å². The maximum Gasteiger partial charge on any atom is 0.296 e. The molecule has 1 fully saturated rings. The Labute approximate surface area is 126 Å². The average Bonchev–Trinajstić information content (AvgIpc) is 2.44. The molecule has 7 heteroatoms. The van der Waals surface area contributed by atoms with Crippen LogP contribution in [0.2, 0.25) is 0 Å². The predicted octanol–water partition coefficient (Wildman–Crippen LogP) is 1.43. The number of hydrogen-bond donors (Lipinski definition) is 2. The Hall–Kier alpha value is -0.970. The standard InChI is InChI=1S/C14H23N2O4P/c1-3-4-9-5-10(11(17)7-19-21)12(9)20-14-15-6-8(2)13(18)16-14/h6,9-12,17H,3-5,7,21H2,1-2H3,(H,15,16,18). The van der Waals surface area contributed by atoms with Gasteiger partial charge in [0.05, 0.1) is 12.7 Å². The van der Waals surface area contributed by atoms with E-state index in [1.165, 1.54) is 6.20 Å². The zero-order valence-corrected chi connectivity index (χ0v) is 13.6. The molecule has 1 aromatic rings. The minimum atomic E-state index is -0.572. The second-order valence-electron chi connectivity index (χ2n) is 5.63. The van der Waals surface area contributed by atoms with Gasteiger partial charge in [-0.3, -0.25) is 9.78 Å². The summed E-state index contributed by atoms with van der Waals surface area (Å²) in [5, 5.41) is 10.1. The highest BCUT2D eigenvalue weighted by molar-refractivity contribution is 7.09. The van der Waals surface area contributed by atoms with Gasteiger partial charge in [0.25, 0.3) is 11.6 Å². The fourth-order valence-electron chi connectivity index (χ4n) is 2.84. The number of hydrogen-bond acceptors (Lipinski definition) is 5. The fraction of sp³-hybridized carbons (Fsp3) is 0.714. The zero-order chi connectivity index (χ0) is 15.4. The lowest BCUT2D eigenvalue weighted by molar-refractivity contribution is -0.0983. The van der Waals surface area contributed by atoms with Crippen molar-refractivity contribution in [2.24, 2.45) is 11.8 Å². The van der Waals surface area contributed by atoms with Gasteiger partial charge in [-0.1, -0.05) is 13.3 Å². The van der Waals surface area contributed by atoms with Gasteiger partial charge in [0.1, 0.15) is 6.10 Å². The van der Waals surface area contributed by atoms with Crippen LogP contribution < -0.4 is 10.3 Å². The number of aromatic nitrogens is 2. The van der Waals surface area contributed by atoms with Crippen molar-refractivity contribution in [2.45, 2.75) is 45.3 Å². The van der Waals surface area contributed by atoms with Crippen LogP contribution in [0.5, 0.6) is 6.01 Å². The van der Waals surface area contributed by atoms with Crippen molar-refractivity contribution in [3.63, 3.8) is 0 Å². The molecule has 1 heterocycles. The van der Waals surface area contributed by atoms with Gasteiger partial charge < -0.3 is 14.4 Å². The molecular weight excluding hydrogens is 291 g/mol. The monoisotopic (exact) mass is 314 g/mol. The number of H-pyrrole nitrogens is 1. The number of aliphatic hydroxyl groups is 1. The van der Waals surface area contributed by atoms with Gasteiger partial charge in [-0.15, -0.1) is 0 Å². The number of nitrogens with one attached hydrogen (secondary N) is 1. The predicted molar refractivity (Wildman–Crippen MR) is 82.2 cm³/mol. The Bertz CT molecular complexity index is 522.